The van der Waals surface area contributed by atoms with E-state index < -0.39 is 0 Å². The van der Waals surface area contributed by atoms with Gasteiger partial charge in [-0.05, 0) is 31.9 Å². The average molecular weight is 344 g/mol. The van der Waals surface area contributed by atoms with Gasteiger partial charge >= 0.3 is 5.97 Å². The molecule has 1 aromatic carbocycles. The van der Waals surface area contributed by atoms with Crippen molar-refractivity contribution in [2.75, 3.05) is 31.1 Å². The first-order valence-corrected chi connectivity index (χ1v) is 8.91. The molecule has 1 atom stereocenters. The molecule has 0 radical (unpaired) electrons. The quantitative estimate of drug-likeness (QED) is 0.782. The third-order valence-electron chi connectivity index (χ3n) is 4.97. The minimum Gasteiger partial charge on any atom is -0.466 e. The predicted octanol–water partition coefficient (Wildman–Crippen LogP) is 1.84. The Bertz CT molecular complexity index is 638. The Kier molecular flexibility index (Phi) is 5.36. The molecule has 0 saturated carbocycles. The zero-order chi connectivity index (χ0) is 17.8. The Morgan fingerprint density at radius 1 is 1.12 bits per heavy atom. The predicted molar refractivity (Wildman–Crippen MR) is 92.8 cm³/mol. The van der Waals surface area contributed by atoms with Crippen LogP contribution in [0.4, 0.5) is 5.69 Å². The van der Waals surface area contributed by atoms with E-state index in [9.17, 15) is 14.4 Å². The molecule has 0 bridgehead atoms. The van der Waals surface area contributed by atoms with Crippen molar-refractivity contribution in [1.29, 1.82) is 0 Å². The van der Waals surface area contributed by atoms with Crippen LogP contribution in [0.1, 0.15) is 26.2 Å². The Labute approximate surface area is 147 Å². The molecule has 2 aliphatic rings. The van der Waals surface area contributed by atoms with E-state index in [2.05, 4.69) is 0 Å². The van der Waals surface area contributed by atoms with E-state index in [0.717, 1.165) is 5.69 Å². The number of hydrogen-bond donors (Lipinski definition) is 0. The lowest BCUT2D eigenvalue weighted by Crippen LogP contribution is -2.44. The van der Waals surface area contributed by atoms with Crippen LogP contribution in [0.15, 0.2) is 30.3 Å². The summed E-state index contributed by atoms with van der Waals surface area (Å²) in [5, 5.41) is 0. The summed E-state index contributed by atoms with van der Waals surface area (Å²) in [6.07, 6.45) is 1.52. The number of anilines is 1. The van der Waals surface area contributed by atoms with Crippen molar-refractivity contribution in [3.05, 3.63) is 30.3 Å². The van der Waals surface area contributed by atoms with Crippen molar-refractivity contribution in [2.45, 2.75) is 26.2 Å². The van der Waals surface area contributed by atoms with E-state index in [4.69, 9.17) is 4.74 Å². The molecule has 0 spiro atoms. The summed E-state index contributed by atoms with van der Waals surface area (Å²) in [7, 11) is 0. The molecule has 134 valence electrons. The first-order chi connectivity index (χ1) is 12.1. The van der Waals surface area contributed by atoms with E-state index >= 15 is 0 Å². The molecule has 2 fully saturated rings. The summed E-state index contributed by atoms with van der Waals surface area (Å²) in [5.74, 6) is -0.567. The standard InChI is InChI=1S/C19H24N2O4/c1-2-25-19(24)14-8-10-20(11-9-14)18(23)15-12-17(22)21(13-15)16-6-4-3-5-7-16/h3-7,14-15H,2,8-13H2,1H3/t15-/m0/s1. The molecular weight excluding hydrogens is 320 g/mol. The molecule has 0 aromatic heterocycles. The largest absolute Gasteiger partial charge is 0.466 e. The number of amides is 2. The van der Waals surface area contributed by atoms with Crippen LogP contribution >= 0.6 is 0 Å². The smallest absolute Gasteiger partial charge is 0.309 e. The van der Waals surface area contributed by atoms with Crippen molar-refractivity contribution in [3.8, 4) is 0 Å². The molecule has 1 aromatic rings. The molecular formula is C19H24N2O4. The normalized spacial score (nSPS) is 21.5. The van der Waals surface area contributed by atoms with E-state index in [1.165, 1.54) is 0 Å². The third kappa shape index (κ3) is 3.83. The van der Waals surface area contributed by atoms with Crippen molar-refractivity contribution >= 4 is 23.5 Å². The Morgan fingerprint density at radius 3 is 2.44 bits per heavy atom. The number of carbonyl (C=O) groups excluding carboxylic acids is 3. The van der Waals surface area contributed by atoms with Gasteiger partial charge in [0.1, 0.15) is 0 Å². The second-order valence-electron chi connectivity index (χ2n) is 6.59. The maximum atomic E-state index is 12.8. The van der Waals surface area contributed by atoms with Gasteiger partial charge in [0, 0.05) is 31.7 Å². The zero-order valence-corrected chi connectivity index (χ0v) is 14.5. The highest BCUT2D eigenvalue weighted by atomic mass is 16.5. The van der Waals surface area contributed by atoms with Crippen LogP contribution in [-0.2, 0) is 19.1 Å². The molecule has 0 N–H and O–H groups in total. The fraction of sp³-hybridized carbons (Fsp3) is 0.526. The van der Waals surface area contributed by atoms with E-state index in [1.807, 2.05) is 30.3 Å². The second-order valence-corrected chi connectivity index (χ2v) is 6.59. The fourth-order valence-electron chi connectivity index (χ4n) is 3.58. The van der Waals surface area contributed by atoms with Gasteiger partial charge in [0.2, 0.25) is 11.8 Å². The first-order valence-electron chi connectivity index (χ1n) is 8.91. The van der Waals surface area contributed by atoms with E-state index in [0.29, 0.717) is 39.1 Å². The highest BCUT2D eigenvalue weighted by molar-refractivity contribution is 6.00. The van der Waals surface area contributed by atoms with Gasteiger partial charge < -0.3 is 14.5 Å². The van der Waals surface area contributed by atoms with Crippen molar-refractivity contribution < 1.29 is 19.1 Å². The highest BCUT2D eigenvalue weighted by Gasteiger charge is 2.38. The monoisotopic (exact) mass is 344 g/mol. The molecule has 6 nitrogen and oxygen atoms in total. The summed E-state index contributed by atoms with van der Waals surface area (Å²) in [6, 6.07) is 9.45. The molecule has 2 amide bonds. The number of esters is 1. The van der Waals surface area contributed by atoms with Gasteiger partial charge in [-0.15, -0.1) is 0 Å². The van der Waals surface area contributed by atoms with Crippen molar-refractivity contribution in [1.82, 2.24) is 4.90 Å². The van der Waals surface area contributed by atoms with Gasteiger partial charge in [0.05, 0.1) is 18.4 Å². The molecule has 3 rings (SSSR count). The Balaban J connectivity index is 1.56. The first kappa shape index (κ1) is 17.5. The number of rotatable bonds is 4. The molecule has 6 heteroatoms. The van der Waals surface area contributed by atoms with E-state index in [-0.39, 0.29) is 36.0 Å². The number of nitrogens with zero attached hydrogens (tertiary/aromatic N) is 2. The summed E-state index contributed by atoms with van der Waals surface area (Å²) in [4.78, 5) is 40.3. The zero-order valence-electron chi connectivity index (χ0n) is 14.5. The van der Waals surface area contributed by atoms with Crippen molar-refractivity contribution in [3.63, 3.8) is 0 Å². The van der Waals surface area contributed by atoms with Gasteiger partial charge in [-0.2, -0.15) is 0 Å². The number of likely N-dealkylation sites (tertiary alicyclic amines) is 1. The van der Waals surface area contributed by atoms with Gasteiger partial charge in [-0.3, -0.25) is 14.4 Å². The van der Waals surface area contributed by atoms with Gasteiger partial charge in [-0.25, -0.2) is 0 Å². The number of benzene rings is 1. The van der Waals surface area contributed by atoms with Crippen LogP contribution < -0.4 is 4.90 Å². The second kappa shape index (κ2) is 7.68. The van der Waals surface area contributed by atoms with Crippen LogP contribution in [0.2, 0.25) is 0 Å². The number of ether oxygens (including phenoxy) is 1. The van der Waals surface area contributed by atoms with Crippen molar-refractivity contribution in [2.24, 2.45) is 11.8 Å². The lowest BCUT2D eigenvalue weighted by atomic mass is 9.95. The summed E-state index contributed by atoms with van der Waals surface area (Å²) in [5.41, 5.74) is 0.837. The molecule has 25 heavy (non-hydrogen) atoms. The number of piperidine rings is 1. The summed E-state index contributed by atoms with van der Waals surface area (Å²) >= 11 is 0. The van der Waals surface area contributed by atoms with Crippen LogP contribution in [0.3, 0.4) is 0 Å². The van der Waals surface area contributed by atoms with Crippen LogP contribution in [0.5, 0.6) is 0 Å². The van der Waals surface area contributed by atoms with Gasteiger partial charge in [0.25, 0.3) is 0 Å². The summed E-state index contributed by atoms with van der Waals surface area (Å²) < 4.78 is 5.06. The van der Waals surface area contributed by atoms with Gasteiger partial charge in [0.15, 0.2) is 0 Å². The highest BCUT2D eigenvalue weighted by Crippen LogP contribution is 2.28. The molecule has 0 aliphatic carbocycles. The SMILES string of the molecule is CCOC(=O)C1CCN(C(=O)[C@H]2CC(=O)N(c3ccccc3)C2)CC1. The molecule has 2 heterocycles. The molecule has 2 saturated heterocycles. The minimum atomic E-state index is -0.299. The topological polar surface area (TPSA) is 66.9 Å². The van der Waals surface area contributed by atoms with Gasteiger partial charge in [-0.1, -0.05) is 18.2 Å². The maximum Gasteiger partial charge on any atom is 0.309 e. The third-order valence-corrected chi connectivity index (χ3v) is 4.97. The number of para-hydroxylation sites is 1. The lowest BCUT2D eigenvalue weighted by molar-refractivity contribution is -0.151. The summed E-state index contributed by atoms with van der Waals surface area (Å²) in [6.45, 7) is 3.72. The van der Waals surface area contributed by atoms with Crippen LogP contribution in [-0.4, -0.2) is 48.9 Å². The average Bonchev–Trinajstić information content (AvgIpc) is 3.04. The Hall–Kier alpha value is -2.37. The number of carbonyl (C=O) groups is 3. The van der Waals surface area contributed by atoms with E-state index in [1.54, 1.807) is 16.7 Å². The van der Waals surface area contributed by atoms with Crippen LogP contribution in [0, 0.1) is 11.8 Å². The molecule has 0 unspecified atom stereocenters. The minimum absolute atomic E-state index is 0.00837. The Morgan fingerprint density at radius 2 is 1.80 bits per heavy atom. The van der Waals surface area contributed by atoms with Crippen LogP contribution in [0.25, 0.3) is 0 Å². The molecule has 2 aliphatic heterocycles. The lowest BCUT2D eigenvalue weighted by Gasteiger charge is -2.32. The number of hydrogen-bond acceptors (Lipinski definition) is 4. The fourth-order valence-corrected chi connectivity index (χ4v) is 3.58. The maximum absolute atomic E-state index is 12.8.